The van der Waals surface area contributed by atoms with E-state index in [2.05, 4.69) is 15.3 Å². The lowest BCUT2D eigenvalue weighted by Gasteiger charge is -2.33. The highest BCUT2D eigenvalue weighted by atomic mass is 16.8. The number of rotatable bonds is 11. The second kappa shape index (κ2) is 17.1. The van der Waals surface area contributed by atoms with E-state index in [0.29, 0.717) is 24.6 Å². The second-order valence-electron chi connectivity index (χ2n) is 16.9. The number of aromatic nitrogens is 4. The molecule has 320 valence electrons. The van der Waals surface area contributed by atoms with Crippen molar-refractivity contribution in [2.24, 2.45) is 11.8 Å². The van der Waals surface area contributed by atoms with Crippen molar-refractivity contribution in [1.82, 2.24) is 40.0 Å². The van der Waals surface area contributed by atoms with E-state index in [1.807, 2.05) is 96.3 Å². The third-order valence-electron chi connectivity index (χ3n) is 12.1. The van der Waals surface area contributed by atoms with Gasteiger partial charge in [0.25, 0.3) is 0 Å². The number of likely N-dealkylation sites (N-methyl/N-ethyl adjacent to an activating group) is 1. The summed E-state index contributed by atoms with van der Waals surface area (Å²) >= 11 is 0. The molecule has 4 aromatic rings. The normalized spacial score (nSPS) is 22.1. The molecular weight excluding hydrogens is 769 g/mol. The number of nitrogens with one attached hydrogen (secondary N) is 3. The minimum absolute atomic E-state index is 0.152. The number of H-pyrrole nitrogens is 2. The number of imidazole rings is 2. The Morgan fingerprint density at radius 3 is 2.08 bits per heavy atom. The first kappa shape index (κ1) is 42.4. The molecule has 60 heavy (non-hydrogen) atoms. The van der Waals surface area contributed by atoms with Crippen LogP contribution in [0.3, 0.4) is 0 Å². The molecule has 0 unspecified atom stereocenters. The summed E-state index contributed by atoms with van der Waals surface area (Å²) in [5.74, 6) is -0.579. The first-order valence-electron chi connectivity index (χ1n) is 20.7. The third kappa shape index (κ3) is 8.35. The van der Waals surface area contributed by atoms with Crippen LogP contribution in [0.25, 0.3) is 33.6 Å². The van der Waals surface area contributed by atoms with Crippen LogP contribution in [-0.4, -0.2) is 121 Å². The van der Waals surface area contributed by atoms with E-state index in [4.69, 9.17) is 24.2 Å². The van der Waals surface area contributed by atoms with Crippen molar-refractivity contribution in [3.8, 4) is 33.6 Å². The largest absolute Gasteiger partial charge is 0.465 e. The molecule has 16 heteroatoms. The van der Waals surface area contributed by atoms with Crippen LogP contribution in [0.5, 0.6) is 0 Å². The number of aromatic amines is 2. The lowest BCUT2D eigenvalue weighted by molar-refractivity contribution is -0.166. The smallest absolute Gasteiger partial charge is 0.407 e. The number of benzene rings is 2. The zero-order valence-corrected chi connectivity index (χ0v) is 35.5. The topological polar surface area (TPSA) is 195 Å². The molecule has 16 nitrogen and oxygen atoms in total. The lowest BCUT2D eigenvalue weighted by Crippen LogP contribution is -2.52. The van der Waals surface area contributed by atoms with Crippen LogP contribution in [-0.2, 0) is 23.8 Å². The van der Waals surface area contributed by atoms with Crippen molar-refractivity contribution in [2.75, 3.05) is 27.2 Å². The minimum atomic E-state index is -1.13. The van der Waals surface area contributed by atoms with Gasteiger partial charge in [0.1, 0.15) is 23.7 Å². The van der Waals surface area contributed by atoms with Gasteiger partial charge >= 0.3 is 12.2 Å². The van der Waals surface area contributed by atoms with Gasteiger partial charge in [0.2, 0.25) is 11.8 Å². The molecule has 3 fully saturated rings. The molecule has 6 atom stereocenters. The number of carboxylic acid groups (broad SMARTS) is 1. The Balaban J connectivity index is 1.05. The molecule has 0 bridgehead atoms. The molecule has 2 aromatic carbocycles. The number of methoxy groups -OCH3 is 1. The summed E-state index contributed by atoms with van der Waals surface area (Å²) in [6.45, 7) is 12.1. The SMILES string of the molecule is COC(=O)N[C@H](C(=O)N1CC2(C[C@H]1c1ncc(-c3ccc(-c4ccc(-c5c[nH]c([C@@H]6CCCN6C(=O)[C@H](C(C)C)N(C)C(=O)O)n5)cc4)cc3)[nH]1)O[C@@H](C)[C@H](C)O2)C(C)C. The quantitative estimate of drug-likeness (QED) is 0.128. The van der Waals surface area contributed by atoms with E-state index >= 15 is 0 Å². The summed E-state index contributed by atoms with van der Waals surface area (Å²) in [5.41, 5.74) is 5.42. The standard InChI is InChI=1S/C44H56N8O8/c1-24(2)36(49-42(55)58-8)40(53)52-23-44(59-26(5)27(6)60-44)20-35(52)39-46-22-33(48-39)31-17-13-29(14-18-31)28-11-15-30(16-12-28)32-21-45-38(47-32)34-10-9-19-51(34)41(54)37(25(3)4)50(7)43(56)57/h11-18,21-22,24-27,34-37H,9-10,19-20,23H2,1-8H3,(H,45,47)(H,46,48)(H,49,55)(H,56,57)/t26-,27-,34-,35-,36-,37-/m0/s1. The van der Waals surface area contributed by atoms with Crippen molar-refractivity contribution in [2.45, 2.75) is 103 Å². The first-order chi connectivity index (χ1) is 28.6. The van der Waals surface area contributed by atoms with E-state index < -0.39 is 36.1 Å². The predicted octanol–water partition coefficient (Wildman–Crippen LogP) is 6.61. The van der Waals surface area contributed by atoms with E-state index in [1.165, 1.54) is 14.2 Å². The van der Waals surface area contributed by atoms with Crippen LogP contribution in [0.4, 0.5) is 9.59 Å². The second-order valence-corrected chi connectivity index (χ2v) is 16.9. The van der Waals surface area contributed by atoms with Crippen molar-refractivity contribution >= 4 is 24.0 Å². The molecule has 2 aromatic heterocycles. The number of likely N-dealkylation sites (tertiary alicyclic amines) is 2. The van der Waals surface area contributed by atoms with Gasteiger partial charge in [0, 0.05) is 31.8 Å². The number of carbonyl (C=O) groups is 4. The average molecular weight is 825 g/mol. The highest BCUT2D eigenvalue weighted by Crippen LogP contribution is 2.45. The Hall–Kier alpha value is -5.74. The van der Waals surface area contributed by atoms with E-state index in [-0.39, 0.29) is 48.4 Å². The fourth-order valence-corrected chi connectivity index (χ4v) is 8.75. The molecule has 4 amide bonds. The highest BCUT2D eigenvalue weighted by molar-refractivity contribution is 5.87. The molecule has 3 aliphatic heterocycles. The van der Waals surface area contributed by atoms with Gasteiger partial charge in [-0.25, -0.2) is 19.6 Å². The van der Waals surface area contributed by atoms with Crippen LogP contribution in [0.2, 0.25) is 0 Å². The monoisotopic (exact) mass is 824 g/mol. The Labute approximate surface area is 350 Å². The first-order valence-corrected chi connectivity index (χ1v) is 20.7. The molecule has 5 heterocycles. The molecule has 0 aliphatic carbocycles. The fourth-order valence-electron chi connectivity index (χ4n) is 8.75. The summed E-state index contributed by atoms with van der Waals surface area (Å²) in [6, 6.07) is 13.9. The maximum atomic E-state index is 14.1. The Morgan fingerprint density at radius 2 is 1.50 bits per heavy atom. The van der Waals surface area contributed by atoms with Crippen LogP contribution in [0.15, 0.2) is 60.9 Å². The number of ether oxygens (including phenoxy) is 3. The number of hydrogen-bond acceptors (Lipinski definition) is 9. The van der Waals surface area contributed by atoms with Crippen molar-refractivity contribution in [3.05, 3.63) is 72.6 Å². The summed E-state index contributed by atoms with van der Waals surface area (Å²) < 4.78 is 17.5. The van der Waals surface area contributed by atoms with Gasteiger partial charge in [-0.3, -0.25) is 14.5 Å². The van der Waals surface area contributed by atoms with Gasteiger partial charge in [-0.15, -0.1) is 0 Å². The van der Waals surface area contributed by atoms with Gasteiger partial charge in [0.05, 0.1) is 55.5 Å². The Morgan fingerprint density at radius 1 is 0.883 bits per heavy atom. The molecular formula is C44H56N8O8. The van der Waals surface area contributed by atoms with Crippen LogP contribution in [0, 0.1) is 11.8 Å². The number of alkyl carbamates (subject to hydrolysis) is 1. The van der Waals surface area contributed by atoms with Crippen LogP contribution < -0.4 is 5.32 Å². The molecule has 7 rings (SSSR count). The average Bonchev–Trinajstić information content (AvgIpc) is 4.08. The molecule has 3 aliphatic rings. The zero-order chi connectivity index (χ0) is 43.0. The fraction of sp³-hybridized carbons (Fsp3) is 0.500. The van der Waals surface area contributed by atoms with Gasteiger partial charge in [-0.05, 0) is 55.2 Å². The van der Waals surface area contributed by atoms with E-state index in [9.17, 15) is 24.3 Å². The van der Waals surface area contributed by atoms with E-state index in [1.54, 1.807) is 16.0 Å². The molecule has 0 radical (unpaired) electrons. The predicted molar refractivity (Wildman–Crippen MR) is 222 cm³/mol. The molecule has 1 spiro atoms. The van der Waals surface area contributed by atoms with Crippen molar-refractivity contribution < 1.29 is 38.5 Å². The van der Waals surface area contributed by atoms with Gasteiger partial charge in [-0.2, -0.15) is 0 Å². The maximum absolute atomic E-state index is 14.1. The summed E-state index contributed by atoms with van der Waals surface area (Å²) in [7, 11) is 2.71. The molecule has 0 saturated carbocycles. The summed E-state index contributed by atoms with van der Waals surface area (Å²) in [4.78, 5) is 72.6. The number of hydrogen-bond donors (Lipinski definition) is 4. The number of carbonyl (C=O) groups excluding carboxylic acids is 3. The zero-order valence-electron chi connectivity index (χ0n) is 35.5. The Bertz CT molecular complexity index is 2170. The van der Waals surface area contributed by atoms with Gasteiger partial charge in [-0.1, -0.05) is 76.2 Å². The number of amides is 4. The summed E-state index contributed by atoms with van der Waals surface area (Å²) in [6.07, 6.45) is 3.42. The molecule has 3 saturated heterocycles. The maximum Gasteiger partial charge on any atom is 0.407 e. The highest BCUT2D eigenvalue weighted by Gasteiger charge is 2.56. The number of nitrogens with zero attached hydrogens (tertiary/aromatic N) is 5. The summed E-state index contributed by atoms with van der Waals surface area (Å²) in [5, 5.41) is 12.3. The minimum Gasteiger partial charge on any atom is -0.465 e. The van der Waals surface area contributed by atoms with Gasteiger partial charge < -0.3 is 44.4 Å². The van der Waals surface area contributed by atoms with Crippen molar-refractivity contribution in [1.29, 1.82) is 0 Å². The Kier molecular flexibility index (Phi) is 12.1. The molecule has 4 N–H and O–H groups in total. The van der Waals surface area contributed by atoms with Gasteiger partial charge in [0.15, 0.2) is 5.79 Å². The van der Waals surface area contributed by atoms with E-state index in [0.717, 1.165) is 51.4 Å². The third-order valence-corrected chi connectivity index (χ3v) is 12.1. The van der Waals surface area contributed by atoms with Crippen LogP contribution >= 0.6 is 0 Å². The van der Waals surface area contributed by atoms with Crippen molar-refractivity contribution in [3.63, 3.8) is 0 Å². The lowest BCUT2D eigenvalue weighted by atomic mass is 10.0. The van der Waals surface area contributed by atoms with Crippen LogP contribution in [0.1, 0.15) is 84.5 Å².